The van der Waals surface area contributed by atoms with Crippen LogP contribution >= 0.6 is 0 Å². The van der Waals surface area contributed by atoms with Gasteiger partial charge in [0.1, 0.15) is 23.7 Å². The summed E-state index contributed by atoms with van der Waals surface area (Å²) in [5, 5.41) is 11.7. The van der Waals surface area contributed by atoms with Gasteiger partial charge in [0.15, 0.2) is 0 Å². The molecule has 0 spiro atoms. The molecule has 342 valence electrons. The molecule has 2 bridgehead atoms. The molecule has 3 saturated heterocycles. The fraction of sp³-hybridized carbons (Fsp3) is 0.480. The highest BCUT2D eigenvalue weighted by molar-refractivity contribution is 5.92. The minimum absolute atomic E-state index is 0.109. The van der Waals surface area contributed by atoms with Crippen LogP contribution in [0.15, 0.2) is 60.9 Å². The van der Waals surface area contributed by atoms with Crippen LogP contribution in [0.25, 0.3) is 44.4 Å². The Morgan fingerprint density at radius 2 is 1.14 bits per heavy atom. The number of nitrogens with zero attached hydrogens (tertiary/aromatic N) is 4. The molecule has 6 heterocycles. The van der Waals surface area contributed by atoms with Crippen molar-refractivity contribution in [3.63, 3.8) is 0 Å². The van der Waals surface area contributed by atoms with E-state index in [1.165, 1.54) is 30.9 Å². The number of nitrogens with one attached hydrogen (secondary N) is 5. The van der Waals surface area contributed by atoms with Gasteiger partial charge >= 0.3 is 12.2 Å². The van der Waals surface area contributed by atoms with E-state index < -0.39 is 24.3 Å². The lowest BCUT2D eigenvalue weighted by atomic mass is 9.87. The van der Waals surface area contributed by atoms with Gasteiger partial charge in [-0.2, -0.15) is 0 Å². The molecule has 7 unspecified atom stereocenters. The van der Waals surface area contributed by atoms with Gasteiger partial charge in [-0.3, -0.25) is 9.59 Å². The Morgan fingerprint density at radius 3 is 1.68 bits per heavy atom. The van der Waals surface area contributed by atoms with Crippen LogP contribution in [0.1, 0.15) is 120 Å². The lowest BCUT2D eigenvalue weighted by Gasteiger charge is -2.30. The summed E-state index contributed by atoms with van der Waals surface area (Å²) in [7, 11) is 2.61. The van der Waals surface area contributed by atoms with Gasteiger partial charge in [0.05, 0.1) is 50.1 Å². The molecular formula is C50H61N9O6. The monoisotopic (exact) mass is 883 g/mol. The molecule has 2 aromatic heterocycles. The third kappa shape index (κ3) is 8.34. The Hall–Kier alpha value is -6.22. The summed E-state index contributed by atoms with van der Waals surface area (Å²) >= 11 is 0. The smallest absolute Gasteiger partial charge is 0.407 e. The molecular weight excluding hydrogens is 823 g/mol. The molecule has 3 fully saturated rings. The van der Waals surface area contributed by atoms with Crippen molar-refractivity contribution in [2.45, 2.75) is 109 Å². The zero-order valence-corrected chi connectivity index (χ0v) is 38.4. The molecule has 0 aliphatic carbocycles. The molecule has 0 saturated carbocycles. The Kier molecular flexibility index (Phi) is 12.2. The second-order valence-electron chi connectivity index (χ2n) is 19.1. The van der Waals surface area contributed by atoms with Crippen molar-refractivity contribution < 1.29 is 28.7 Å². The normalized spacial score (nSPS) is 22.3. The van der Waals surface area contributed by atoms with E-state index in [-0.39, 0.29) is 47.8 Å². The van der Waals surface area contributed by atoms with Crippen molar-refractivity contribution in [3.8, 4) is 33.6 Å². The van der Waals surface area contributed by atoms with E-state index in [0.717, 1.165) is 89.0 Å². The van der Waals surface area contributed by atoms with Crippen LogP contribution < -0.4 is 16.0 Å². The molecule has 0 radical (unpaired) electrons. The van der Waals surface area contributed by atoms with Crippen LogP contribution in [-0.2, 0) is 19.1 Å². The molecule has 65 heavy (non-hydrogen) atoms. The van der Waals surface area contributed by atoms with Gasteiger partial charge in [0.25, 0.3) is 0 Å². The molecule has 9 rings (SSSR count). The number of carbonyl (C=O) groups excluding carboxylic acids is 4. The van der Waals surface area contributed by atoms with E-state index in [0.29, 0.717) is 19.0 Å². The average Bonchev–Trinajstić information content (AvgIpc) is 4.16. The van der Waals surface area contributed by atoms with Gasteiger partial charge in [-0.15, -0.1) is 0 Å². The van der Waals surface area contributed by atoms with Gasteiger partial charge in [0, 0.05) is 36.3 Å². The SMILES string of the molecule is COC(=O)NC(C(=O)N1CCCC1c1ncc(-c2ccc3cc(-c4ccc(-c5cnc(C6CCCN6C(=O)C(NC(=O)OC)C(C)C)[nH]5)c5c4C4CC(C)CC5N4)ccc3c2)[nH]1)C(C)C. The molecule has 15 heteroatoms. The van der Waals surface area contributed by atoms with Gasteiger partial charge in [0.2, 0.25) is 11.8 Å². The quantitative estimate of drug-likeness (QED) is 0.0867. The summed E-state index contributed by atoms with van der Waals surface area (Å²) in [4.78, 5) is 72.3. The predicted octanol–water partition coefficient (Wildman–Crippen LogP) is 8.49. The van der Waals surface area contributed by atoms with Crippen LogP contribution in [0.2, 0.25) is 0 Å². The zero-order valence-electron chi connectivity index (χ0n) is 38.4. The molecule has 7 atom stereocenters. The summed E-state index contributed by atoms with van der Waals surface area (Å²) in [5.41, 5.74) is 9.01. The predicted molar refractivity (Wildman–Crippen MR) is 247 cm³/mol. The Labute approximate surface area is 379 Å². The number of amides is 4. The Morgan fingerprint density at radius 1 is 0.662 bits per heavy atom. The van der Waals surface area contributed by atoms with E-state index in [2.05, 4.69) is 81.4 Å². The summed E-state index contributed by atoms with van der Waals surface area (Å²) in [6.45, 7) is 11.2. The number of methoxy groups -OCH3 is 2. The first-order valence-electron chi connectivity index (χ1n) is 23.2. The van der Waals surface area contributed by atoms with Crippen molar-refractivity contribution in [2.75, 3.05) is 27.3 Å². The standard InChI is InChI=1S/C50H61N9O6/c1-26(2)43(56-49(62)64-6)47(60)58-18-8-10-39(58)45-51-24-37(54-45)32-15-13-29-22-31(14-12-30(29)23-32)33-16-17-34(42-36-21-28(5)20-35(53-36)41(33)42)38-25-52-46(55-38)40-11-9-19-59(40)48(61)44(27(3)4)57-50(63)65-7/h12-17,22-28,35-36,39-40,43-44,53H,8-11,18-21H2,1-7H3,(H,51,54)(H,52,55)(H,56,62)(H,57,63). The molecule has 5 aromatic rings. The minimum atomic E-state index is -0.695. The van der Waals surface area contributed by atoms with Crippen molar-refractivity contribution in [1.82, 2.24) is 45.7 Å². The number of aromatic nitrogens is 4. The number of fused-ring (bicyclic) bond motifs is 6. The first-order valence-corrected chi connectivity index (χ1v) is 23.2. The van der Waals surface area contributed by atoms with Gasteiger partial charge in [-0.1, -0.05) is 71.0 Å². The minimum Gasteiger partial charge on any atom is -0.453 e. The summed E-state index contributed by atoms with van der Waals surface area (Å²) in [5.74, 6) is 1.58. The number of piperidine rings is 1. The molecule has 15 nitrogen and oxygen atoms in total. The first kappa shape index (κ1) is 44.0. The van der Waals surface area contributed by atoms with Crippen molar-refractivity contribution in [2.24, 2.45) is 17.8 Å². The Bertz CT molecular complexity index is 2620. The third-order valence-corrected chi connectivity index (χ3v) is 14.1. The topological polar surface area (TPSA) is 187 Å². The second kappa shape index (κ2) is 18.0. The fourth-order valence-corrected chi connectivity index (χ4v) is 10.8. The summed E-state index contributed by atoms with van der Waals surface area (Å²) in [6.07, 6.45) is 7.89. The number of H-pyrrole nitrogens is 2. The number of imidazole rings is 2. The fourth-order valence-electron chi connectivity index (χ4n) is 10.8. The van der Waals surface area contributed by atoms with E-state index in [1.807, 2.05) is 49.9 Å². The molecule has 3 aromatic carbocycles. The third-order valence-electron chi connectivity index (χ3n) is 14.1. The molecule has 4 aliphatic heterocycles. The van der Waals surface area contributed by atoms with E-state index >= 15 is 0 Å². The largest absolute Gasteiger partial charge is 0.453 e. The van der Waals surface area contributed by atoms with Crippen molar-refractivity contribution in [1.29, 1.82) is 0 Å². The number of alkyl carbamates (subject to hydrolysis) is 2. The highest BCUT2D eigenvalue weighted by Gasteiger charge is 2.42. The van der Waals surface area contributed by atoms with Crippen LogP contribution in [0, 0.1) is 17.8 Å². The van der Waals surface area contributed by atoms with Crippen LogP contribution in [0.5, 0.6) is 0 Å². The van der Waals surface area contributed by atoms with Gasteiger partial charge < -0.3 is 45.2 Å². The number of ether oxygens (including phenoxy) is 2. The lowest BCUT2D eigenvalue weighted by Crippen LogP contribution is -2.51. The maximum atomic E-state index is 13.9. The number of rotatable bonds is 11. The molecule has 5 N–H and O–H groups in total. The number of benzene rings is 3. The summed E-state index contributed by atoms with van der Waals surface area (Å²) < 4.78 is 9.63. The maximum absolute atomic E-state index is 13.9. The van der Waals surface area contributed by atoms with Crippen LogP contribution in [0.3, 0.4) is 0 Å². The van der Waals surface area contributed by atoms with E-state index in [9.17, 15) is 19.2 Å². The van der Waals surface area contributed by atoms with Gasteiger partial charge in [-0.05, 0) is 101 Å². The molecule has 4 amide bonds. The number of hydrogen-bond donors (Lipinski definition) is 5. The van der Waals surface area contributed by atoms with E-state index in [1.54, 1.807) is 0 Å². The maximum Gasteiger partial charge on any atom is 0.407 e. The average molecular weight is 884 g/mol. The van der Waals surface area contributed by atoms with Crippen LogP contribution in [0.4, 0.5) is 9.59 Å². The summed E-state index contributed by atoms with van der Waals surface area (Å²) in [6, 6.07) is 16.3. The first-order chi connectivity index (χ1) is 31.3. The highest BCUT2D eigenvalue weighted by atomic mass is 16.5. The van der Waals surface area contributed by atoms with Crippen molar-refractivity contribution in [3.05, 3.63) is 83.7 Å². The highest BCUT2D eigenvalue weighted by Crippen LogP contribution is 2.52. The Balaban J connectivity index is 0.973. The number of aromatic amines is 2. The second-order valence-corrected chi connectivity index (χ2v) is 19.1. The van der Waals surface area contributed by atoms with Gasteiger partial charge in [-0.25, -0.2) is 19.6 Å². The number of hydrogen-bond acceptors (Lipinski definition) is 9. The number of likely N-dealkylation sites (tertiary alicyclic amines) is 2. The molecule has 4 aliphatic rings. The van der Waals surface area contributed by atoms with E-state index in [4.69, 9.17) is 19.4 Å². The lowest BCUT2D eigenvalue weighted by molar-refractivity contribution is -0.136. The zero-order chi connectivity index (χ0) is 45.7. The van der Waals surface area contributed by atoms with Crippen LogP contribution in [-0.4, -0.2) is 93.1 Å². The number of carbonyl (C=O) groups is 4. The van der Waals surface area contributed by atoms with Crippen molar-refractivity contribution >= 4 is 34.8 Å².